The van der Waals surface area contributed by atoms with Crippen LogP contribution in [-0.4, -0.2) is 48.0 Å². The Balaban J connectivity index is 1.57. The molecule has 2 rings (SSSR count). The maximum atomic E-state index is 10.1. The quantitative estimate of drug-likeness (QED) is 0.757. The molecule has 0 aliphatic heterocycles. The zero-order valence-corrected chi connectivity index (χ0v) is 14.5. The van der Waals surface area contributed by atoms with E-state index in [9.17, 15) is 5.11 Å². The number of aliphatic hydroxyl groups is 1. The molecule has 0 aromatic rings. The summed E-state index contributed by atoms with van der Waals surface area (Å²) in [6.45, 7) is 3.47. The summed E-state index contributed by atoms with van der Waals surface area (Å²) in [4.78, 5) is 0. The average Bonchev–Trinajstić information content (AvgIpc) is 2.51. The first-order valence-corrected chi connectivity index (χ1v) is 10.0. The average molecular weight is 316 g/mol. The van der Waals surface area contributed by atoms with Crippen molar-refractivity contribution in [1.29, 1.82) is 0 Å². The summed E-state index contributed by atoms with van der Waals surface area (Å²) < 4.78 is 5.90. The molecule has 2 N–H and O–H groups in total. The van der Waals surface area contributed by atoms with Gasteiger partial charge in [0.25, 0.3) is 0 Å². The SMILES string of the molecule is CSC1CCCC(NCC(O)COC2CCCC(C)C2)C1. The molecule has 21 heavy (non-hydrogen) atoms. The van der Waals surface area contributed by atoms with E-state index in [1.165, 1.54) is 44.9 Å². The normalized spacial score (nSPS) is 35.6. The monoisotopic (exact) mass is 315 g/mol. The standard InChI is InChI=1S/C17H33NO2S/c1-13-5-3-7-16(9-13)20-12-15(19)11-18-14-6-4-8-17(10-14)21-2/h13-19H,3-12H2,1-2H3. The molecule has 0 spiro atoms. The Morgan fingerprint density at radius 3 is 2.76 bits per heavy atom. The van der Waals surface area contributed by atoms with Crippen LogP contribution in [0.4, 0.5) is 0 Å². The number of nitrogens with one attached hydrogen (secondary N) is 1. The first kappa shape index (κ1) is 17.6. The second-order valence-electron chi connectivity index (χ2n) is 7.01. The van der Waals surface area contributed by atoms with Crippen molar-refractivity contribution in [3.8, 4) is 0 Å². The summed E-state index contributed by atoms with van der Waals surface area (Å²) in [6.07, 6.45) is 12.3. The van der Waals surface area contributed by atoms with E-state index in [-0.39, 0.29) is 6.10 Å². The highest BCUT2D eigenvalue weighted by Gasteiger charge is 2.23. The first-order valence-electron chi connectivity index (χ1n) is 8.73. The van der Waals surface area contributed by atoms with E-state index in [1.807, 2.05) is 11.8 Å². The third-order valence-corrected chi connectivity index (χ3v) is 6.11. The molecule has 0 heterocycles. The lowest BCUT2D eigenvalue weighted by Crippen LogP contribution is -2.41. The molecular formula is C17H33NO2S. The predicted molar refractivity (Wildman–Crippen MR) is 90.9 cm³/mol. The largest absolute Gasteiger partial charge is 0.389 e. The van der Waals surface area contributed by atoms with E-state index in [1.54, 1.807) is 0 Å². The van der Waals surface area contributed by atoms with Crippen molar-refractivity contribution < 1.29 is 9.84 Å². The van der Waals surface area contributed by atoms with Crippen LogP contribution in [0.2, 0.25) is 0 Å². The van der Waals surface area contributed by atoms with Gasteiger partial charge in [0.2, 0.25) is 0 Å². The van der Waals surface area contributed by atoms with E-state index < -0.39 is 0 Å². The summed E-state index contributed by atoms with van der Waals surface area (Å²) in [5.41, 5.74) is 0. The van der Waals surface area contributed by atoms with Gasteiger partial charge in [-0.1, -0.05) is 26.2 Å². The van der Waals surface area contributed by atoms with Gasteiger partial charge in [0, 0.05) is 17.8 Å². The summed E-state index contributed by atoms with van der Waals surface area (Å²) in [5.74, 6) is 0.782. The molecule has 124 valence electrons. The highest BCUT2D eigenvalue weighted by Crippen LogP contribution is 2.27. The fraction of sp³-hybridized carbons (Fsp3) is 1.00. The van der Waals surface area contributed by atoms with Crippen LogP contribution in [0.5, 0.6) is 0 Å². The molecule has 5 atom stereocenters. The van der Waals surface area contributed by atoms with Gasteiger partial charge in [0.05, 0.1) is 18.8 Å². The zero-order chi connectivity index (χ0) is 15.1. The van der Waals surface area contributed by atoms with E-state index in [4.69, 9.17) is 4.74 Å². The van der Waals surface area contributed by atoms with Crippen LogP contribution in [0.1, 0.15) is 58.3 Å². The van der Waals surface area contributed by atoms with Gasteiger partial charge in [-0.25, -0.2) is 0 Å². The van der Waals surface area contributed by atoms with Crippen molar-refractivity contribution in [3.63, 3.8) is 0 Å². The van der Waals surface area contributed by atoms with Gasteiger partial charge in [0.15, 0.2) is 0 Å². The molecular weight excluding hydrogens is 282 g/mol. The molecule has 4 heteroatoms. The second-order valence-corrected chi connectivity index (χ2v) is 8.15. The topological polar surface area (TPSA) is 41.5 Å². The number of ether oxygens (including phenoxy) is 1. The van der Waals surface area contributed by atoms with Crippen molar-refractivity contribution in [1.82, 2.24) is 5.32 Å². The van der Waals surface area contributed by atoms with Crippen LogP contribution < -0.4 is 5.32 Å². The summed E-state index contributed by atoms with van der Waals surface area (Å²) in [7, 11) is 0. The molecule has 0 radical (unpaired) electrons. The Morgan fingerprint density at radius 1 is 1.19 bits per heavy atom. The van der Waals surface area contributed by atoms with Crippen molar-refractivity contribution in [2.45, 2.75) is 81.8 Å². The highest BCUT2D eigenvalue weighted by molar-refractivity contribution is 7.99. The van der Waals surface area contributed by atoms with E-state index >= 15 is 0 Å². The zero-order valence-electron chi connectivity index (χ0n) is 13.7. The minimum absolute atomic E-state index is 0.364. The van der Waals surface area contributed by atoms with Crippen molar-refractivity contribution in [3.05, 3.63) is 0 Å². The molecule has 0 saturated heterocycles. The van der Waals surface area contributed by atoms with E-state index in [2.05, 4.69) is 18.5 Å². The van der Waals surface area contributed by atoms with Crippen LogP contribution in [0.3, 0.4) is 0 Å². The second kappa shape index (κ2) is 9.39. The Labute approximate surface area is 134 Å². The van der Waals surface area contributed by atoms with Crippen LogP contribution in [0, 0.1) is 5.92 Å². The summed E-state index contributed by atoms with van der Waals surface area (Å²) in [5, 5.41) is 14.4. The number of hydrogen-bond acceptors (Lipinski definition) is 4. The first-order chi connectivity index (χ1) is 10.2. The predicted octanol–water partition coefficient (Wildman–Crippen LogP) is 3.21. The molecule has 2 saturated carbocycles. The van der Waals surface area contributed by atoms with Gasteiger partial charge in [-0.15, -0.1) is 0 Å². The highest BCUT2D eigenvalue weighted by atomic mass is 32.2. The Hall–Kier alpha value is 0.230. The van der Waals surface area contributed by atoms with E-state index in [0.29, 0.717) is 25.3 Å². The molecule has 5 unspecified atom stereocenters. The molecule has 0 aromatic heterocycles. The Morgan fingerprint density at radius 2 is 2.00 bits per heavy atom. The van der Waals surface area contributed by atoms with Crippen molar-refractivity contribution in [2.75, 3.05) is 19.4 Å². The number of hydrogen-bond donors (Lipinski definition) is 2. The molecule has 3 nitrogen and oxygen atoms in total. The van der Waals surface area contributed by atoms with Gasteiger partial charge < -0.3 is 15.2 Å². The molecule has 2 fully saturated rings. The molecule has 0 aromatic carbocycles. The number of aliphatic hydroxyl groups excluding tert-OH is 1. The lowest BCUT2D eigenvalue weighted by Gasteiger charge is -2.30. The van der Waals surface area contributed by atoms with Crippen LogP contribution in [-0.2, 0) is 4.74 Å². The maximum Gasteiger partial charge on any atom is 0.0897 e. The van der Waals surface area contributed by atoms with Gasteiger partial charge in [0.1, 0.15) is 0 Å². The lowest BCUT2D eigenvalue weighted by atomic mass is 9.89. The van der Waals surface area contributed by atoms with Crippen molar-refractivity contribution >= 4 is 11.8 Å². The van der Waals surface area contributed by atoms with Crippen LogP contribution in [0.15, 0.2) is 0 Å². The minimum atomic E-state index is -0.364. The van der Waals surface area contributed by atoms with Gasteiger partial charge >= 0.3 is 0 Å². The fourth-order valence-corrected chi connectivity index (χ4v) is 4.51. The van der Waals surface area contributed by atoms with Gasteiger partial charge in [-0.2, -0.15) is 11.8 Å². The Bertz CT molecular complexity index is 290. The van der Waals surface area contributed by atoms with Crippen LogP contribution >= 0.6 is 11.8 Å². The maximum absolute atomic E-state index is 10.1. The summed E-state index contributed by atoms with van der Waals surface area (Å²) in [6, 6.07) is 0.584. The van der Waals surface area contributed by atoms with Crippen molar-refractivity contribution in [2.24, 2.45) is 5.92 Å². The van der Waals surface area contributed by atoms with Gasteiger partial charge in [-0.05, 0) is 44.3 Å². The molecule has 2 aliphatic rings. The molecule has 0 amide bonds. The third kappa shape index (κ3) is 6.47. The molecule has 2 aliphatic carbocycles. The number of thioether (sulfide) groups is 1. The molecule has 0 bridgehead atoms. The van der Waals surface area contributed by atoms with Crippen LogP contribution in [0.25, 0.3) is 0 Å². The number of rotatable bonds is 7. The van der Waals surface area contributed by atoms with Gasteiger partial charge in [-0.3, -0.25) is 0 Å². The minimum Gasteiger partial charge on any atom is -0.389 e. The van der Waals surface area contributed by atoms with E-state index in [0.717, 1.165) is 17.6 Å². The smallest absolute Gasteiger partial charge is 0.0897 e. The lowest BCUT2D eigenvalue weighted by molar-refractivity contribution is -0.0313. The fourth-order valence-electron chi connectivity index (χ4n) is 3.68. The summed E-state index contributed by atoms with van der Waals surface area (Å²) >= 11 is 1.99. The Kier molecular flexibility index (Phi) is 7.86. The third-order valence-electron chi connectivity index (χ3n) is 5.01.